The summed E-state index contributed by atoms with van der Waals surface area (Å²) in [6.45, 7) is 6.74. The Morgan fingerprint density at radius 2 is 1.89 bits per heavy atom. The van der Waals surface area contributed by atoms with Crippen molar-refractivity contribution in [3.63, 3.8) is 0 Å². The van der Waals surface area contributed by atoms with E-state index in [9.17, 15) is 4.39 Å². The van der Waals surface area contributed by atoms with Crippen LogP contribution in [0.3, 0.4) is 0 Å². The first kappa shape index (κ1) is 13.5. The molecule has 0 amide bonds. The van der Waals surface area contributed by atoms with Crippen molar-refractivity contribution < 1.29 is 4.39 Å². The van der Waals surface area contributed by atoms with Crippen molar-refractivity contribution >= 4 is 5.82 Å². The molecule has 1 heterocycles. The molecule has 2 aromatic rings. The van der Waals surface area contributed by atoms with Gasteiger partial charge in [0.15, 0.2) is 5.82 Å². The SMILES string of the molecule is CCCNc1nc(C)c(C)nc1-c1cccc(F)c1. The molecule has 1 aromatic carbocycles. The van der Waals surface area contributed by atoms with E-state index in [0.29, 0.717) is 5.69 Å². The standard InChI is InChI=1S/C15H18FN3/c1-4-8-17-15-14(18-10(2)11(3)19-15)12-6-5-7-13(16)9-12/h5-7,9H,4,8H2,1-3H3,(H,17,19). The minimum atomic E-state index is -0.265. The number of benzene rings is 1. The van der Waals surface area contributed by atoms with E-state index >= 15 is 0 Å². The van der Waals surface area contributed by atoms with Crippen molar-refractivity contribution in [1.29, 1.82) is 0 Å². The molecule has 1 N–H and O–H groups in total. The van der Waals surface area contributed by atoms with Gasteiger partial charge in [0.25, 0.3) is 0 Å². The molecule has 0 aliphatic carbocycles. The Morgan fingerprint density at radius 3 is 2.58 bits per heavy atom. The van der Waals surface area contributed by atoms with Crippen LogP contribution in [0.15, 0.2) is 24.3 Å². The van der Waals surface area contributed by atoms with E-state index in [-0.39, 0.29) is 5.82 Å². The molecule has 2 rings (SSSR count). The molecule has 1 aromatic heterocycles. The predicted molar refractivity (Wildman–Crippen MR) is 75.7 cm³/mol. The first-order valence-electron chi connectivity index (χ1n) is 6.47. The maximum atomic E-state index is 13.3. The zero-order valence-electron chi connectivity index (χ0n) is 11.5. The number of halogens is 1. The third-order valence-corrected chi connectivity index (χ3v) is 2.95. The van der Waals surface area contributed by atoms with Gasteiger partial charge in [-0.15, -0.1) is 0 Å². The number of aromatic nitrogens is 2. The summed E-state index contributed by atoms with van der Waals surface area (Å²) in [5.74, 6) is 0.453. The van der Waals surface area contributed by atoms with E-state index in [4.69, 9.17) is 0 Å². The van der Waals surface area contributed by atoms with Crippen molar-refractivity contribution in [3.05, 3.63) is 41.5 Å². The number of rotatable bonds is 4. The van der Waals surface area contributed by atoms with Crippen LogP contribution in [-0.4, -0.2) is 16.5 Å². The highest BCUT2D eigenvalue weighted by Gasteiger charge is 2.11. The lowest BCUT2D eigenvalue weighted by Crippen LogP contribution is -2.07. The average Bonchev–Trinajstić information content (AvgIpc) is 2.39. The van der Waals surface area contributed by atoms with Crippen LogP contribution in [-0.2, 0) is 0 Å². The molecule has 0 saturated heterocycles. The Kier molecular flexibility index (Phi) is 4.10. The van der Waals surface area contributed by atoms with Gasteiger partial charge < -0.3 is 5.32 Å². The molecule has 4 heteroatoms. The molecule has 3 nitrogen and oxygen atoms in total. The van der Waals surface area contributed by atoms with Crippen LogP contribution in [0.2, 0.25) is 0 Å². The maximum absolute atomic E-state index is 13.3. The number of nitrogens with one attached hydrogen (secondary N) is 1. The summed E-state index contributed by atoms with van der Waals surface area (Å²) < 4.78 is 13.3. The molecule has 100 valence electrons. The molecule has 0 bridgehead atoms. The van der Waals surface area contributed by atoms with Crippen LogP contribution in [0.1, 0.15) is 24.7 Å². The van der Waals surface area contributed by atoms with Crippen LogP contribution >= 0.6 is 0 Å². The molecule has 0 atom stereocenters. The second-order valence-electron chi connectivity index (χ2n) is 4.53. The first-order valence-corrected chi connectivity index (χ1v) is 6.47. The maximum Gasteiger partial charge on any atom is 0.152 e. The molecule has 0 radical (unpaired) electrons. The zero-order valence-corrected chi connectivity index (χ0v) is 11.5. The van der Waals surface area contributed by atoms with Crippen molar-refractivity contribution in [1.82, 2.24) is 9.97 Å². The highest BCUT2D eigenvalue weighted by atomic mass is 19.1. The van der Waals surface area contributed by atoms with Gasteiger partial charge in [0.2, 0.25) is 0 Å². The second kappa shape index (κ2) is 5.78. The predicted octanol–water partition coefficient (Wildman–Crippen LogP) is 3.72. The van der Waals surface area contributed by atoms with Crippen molar-refractivity contribution in [2.45, 2.75) is 27.2 Å². The Labute approximate surface area is 112 Å². The van der Waals surface area contributed by atoms with Gasteiger partial charge in [-0.3, -0.25) is 0 Å². The minimum absolute atomic E-state index is 0.265. The largest absolute Gasteiger partial charge is 0.368 e. The lowest BCUT2D eigenvalue weighted by atomic mass is 10.1. The van der Waals surface area contributed by atoms with Crippen LogP contribution in [0.5, 0.6) is 0 Å². The Bertz CT molecular complexity index is 582. The summed E-state index contributed by atoms with van der Waals surface area (Å²) >= 11 is 0. The number of hydrogen-bond donors (Lipinski definition) is 1. The fourth-order valence-corrected chi connectivity index (χ4v) is 1.81. The normalized spacial score (nSPS) is 10.5. The topological polar surface area (TPSA) is 37.8 Å². The van der Waals surface area contributed by atoms with E-state index in [1.807, 2.05) is 19.9 Å². The Hall–Kier alpha value is -1.97. The molecule has 0 spiro atoms. The average molecular weight is 259 g/mol. The smallest absolute Gasteiger partial charge is 0.152 e. The van der Waals surface area contributed by atoms with E-state index in [1.54, 1.807) is 6.07 Å². The monoisotopic (exact) mass is 259 g/mol. The van der Waals surface area contributed by atoms with Crippen LogP contribution < -0.4 is 5.32 Å². The van der Waals surface area contributed by atoms with Crippen LogP contribution in [0, 0.1) is 19.7 Å². The second-order valence-corrected chi connectivity index (χ2v) is 4.53. The Morgan fingerprint density at radius 1 is 1.16 bits per heavy atom. The third-order valence-electron chi connectivity index (χ3n) is 2.95. The van der Waals surface area contributed by atoms with Crippen molar-refractivity contribution in [2.24, 2.45) is 0 Å². The summed E-state index contributed by atoms with van der Waals surface area (Å²) in [7, 11) is 0. The van der Waals surface area contributed by atoms with Gasteiger partial charge in [0.1, 0.15) is 11.5 Å². The molecular weight excluding hydrogens is 241 g/mol. The molecule has 0 saturated carbocycles. The van der Waals surface area contributed by atoms with E-state index in [0.717, 1.165) is 35.7 Å². The summed E-state index contributed by atoms with van der Waals surface area (Å²) in [6, 6.07) is 6.44. The fourth-order valence-electron chi connectivity index (χ4n) is 1.81. The molecule has 0 unspecified atom stereocenters. The molecule has 0 fully saturated rings. The lowest BCUT2D eigenvalue weighted by Gasteiger charge is -2.12. The summed E-state index contributed by atoms with van der Waals surface area (Å²) in [6.07, 6.45) is 0.997. The lowest BCUT2D eigenvalue weighted by molar-refractivity contribution is 0.628. The summed E-state index contributed by atoms with van der Waals surface area (Å²) in [5, 5.41) is 3.25. The summed E-state index contributed by atoms with van der Waals surface area (Å²) in [5.41, 5.74) is 3.20. The molecule has 0 aliphatic rings. The van der Waals surface area contributed by atoms with Gasteiger partial charge in [0.05, 0.1) is 11.4 Å². The van der Waals surface area contributed by atoms with Crippen LogP contribution in [0.25, 0.3) is 11.3 Å². The quantitative estimate of drug-likeness (QED) is 0.909. The molecular formula is C15H18FN3. The van der Waals surface area contributed by atoms with Gasteiger partial charge in [-0.05, 0) is 32.4 Å². The summed E-state index contributed by atoms with van der Waals surface area (Å²) in [4.78, 5) is 9.07. The van der Waals surface area contributed by atoms with Crippen LogP contribution in [0.4, 0.5) is 10.2 Å². The van der Waals surface area contributed by atoms with Crippen molar-refractivity contribution in [3.8, 4) is 11.3 Å². The fraction of sp³-hybridized carbons (Fsp3) is 0.333. The number of aryl methyl sites for hydroxylation is 2. The molecule has 0 aliphatic heterocycles. The number of hydrogen-bond acceptors (Lipinski definition) is 3. The van der Waals surface area contributed by atoms with E-state index < -0.39 is 0 Å². The number of anilines is 1. The van der Waals surface area contributed by atoms with Gasteiger partial charge >= 0.3 is 0 Å². The number of nitrogens with zero attached hydrogens (tertiary/aromatic N) is 2. The first-order chi connectivity index (χ1) is 9.11. The third kappa shape index (κ3) is 3.08. The highest BCUT2D eigenvalue weighted by molar-refractivity contribution is 5.71. The minimum Gasteiger partial charge on any atom is -0.368 e. The van der Waals surface area contributed by atoms with E-state index in [2.05, 4.69) is 22.2 Å². The van der Waals surface area contributed by atoms with Gasteiger partial charge in [0, 0.05) is 12.1 Å². The van der Waals surface area contributed by atoms with E-state index in [1.165, 1.54) is 12.1 Å². The highest BCUT2D eigenvalue weighted by Crippen LogP contribution is 2.26. The van der Waals surface area contributed by atoms with Gasteiger partial charge in [-0.2, -0.15) is 0 Å². The Balaban J connectivity index is 2.50. The molecule has 19 heavy (non-hydrogen) atoms. The zero-order chi connectivity index (χ0) is 13.8. The van der Waals surface area contributed by atoms with Crippen molar-refractivity contribution in [2.75, 3.05) is 11.9 Å². The van der Waals surface area contributed by atoms with Gasteiger partial charge in [-0.1, -0.05) is 19.1 Å². The van der Waals surface area contributed by atoms with Gasteiger partial charge in [-0.25, -0.2) is 14.4 Å².